The number of nitrogens with zero attached hydrogens (tertiary/aromatic N) is 3. The number of para-hydroxylation sites is 1. The first-order valence-corrected chi connectivity index (χ1v) is 17.6. The van der Waals surface area contributed by atoms with Crippen LogP contribution in [-0.2, 0) is 0 Å². The molecular weight excluding hydrogens is 648 g/mol. The van der Waals surface area contributed by atoms with E-state index >= 15 is 4.39 Å². The van der Waals surface area contributed by atoms with Crippen LogP contribution in [-0.4, -0.2) is 50.7 Å². The van der Waals surface area contributed by atoms with Gasteiger partial charge < -0.3 is 25.1 Å². The molecule has 6 aromatic rings. The lowest BCUT2D eigenvalue weighted by molar-refractivity contribution is 0.0772. The first-order valence-electron chi connectivity index (χ1n) is 17.6. The van der Waals surface area contributed by atoms with E-state index in [1.807, 2.05) is 25.1 Å². The highest BCUT2D eigenvalue weighted by Crippen LogP contribution is 2.38. The molecule has 8 nitrogen and oxygen atoms in total. The van der Waals surface area contributed by atoms with Crippen molar-refractivity contribution in [3.63, 3.8) is 0 Å². The average molecular weight is 688 g/mol. The quantitative estimate of drug-likeness (QED) is 0.147. The largest absolute Gasteiger partial charge is 0.490 e. The second-order valence-corrected chi connectivity index (χ2v) is 13.6. The Hall–Kier alpha value is -5.48. The summed E-state index contributed by atoms with van der Waals surface area (Å²) in [5, 5.41) is 5.19. The molecule has 1 saturated heterocycles. The zero-order valence-electron chi connectivity index (χ0n) is 28.4. The van der Waals surface area contributed by atoms with Crippen molar-refractivity contribution in [3.8, 4) is 34.1 Å². The van der Waals surface area contributed by atoms with E-state index in [2.05, 4.69) is 15.0 Å². The Morgan fingerprint density at radius 2 is 1.59 bits per heavy atom. The molecule has 3 heterocycles. The number of hydrogen-bond donors (Lipinski definition) is 2. The van der Waals surface area contributed by atoms with E-state index in [4.69, 9.17) is 15.2 Å². The van der Waals surface area contributed by atoms with Gasteiger partial charge in [0.15, 0.2) is 11.6 Å². The summed E-state index contributed by atoms with van der Waals surface area (Å²) in [4.78, 5) is 19.7. The number of halogens is 2. The minimum Gasteiger partial charge on any atom is -0.490 e. The fraction of sp³-hybridized carbons (Fsp3) is 0.268. The Labute approximate surface area is 294 Å². The van der Waals surface area contributed by atoms with Gasteiger partial charge in [-0.15, -0.1) is 0 Å². The van der Waals surface area contributed by atoms with Gasteiger partial charge in [0.05, 0.1) is 23.1 Å². The molecule has 1 aliphatic heterocycles. The minimum absolute atomic E-state index is 0.0140. The molecule has 2 aliphatic rings. The predicted molar refractivity (Wildman–Crippen MR) is 194 cm³/mol. The number of H-pyrrole nitrogens is 1. The Bertz CT molecular complexity index is 2230. The number of carbonyl (C=O) groups is 1. The van der Waals surface area contributed by atoms with Gasteiger partial charge in [-0.2, -0.15) is 5.10 Å². The van der Waals surface area contributed by atoms with Crippen LogP contribution >= 0.6 is 0 Å². The number of ketones is 1. The van der Waals surface area contributed by atoms with Crippen LogP contribution in [0.2, 0.25) is 0 Å². The number of aromatic nitrogens is 3. The van der Waals surface area contributed by atoms with Crippen molar-refractivity contribution in [2.24, 2.45) is 0 Å². The summed E-state index contributed by atoms with van der Waals surface area (Å²) in [5.41, 5.74) is 10.2. The van der Waals surface area contributed by atoms with E-state index in [0.29, 0.717) is 45.6 Å². The second kappa shape index (κ2) is 13.7. The molecule has 10 heteroatoms. The number of benzene rings is 4. The summed E-state index contributed by atoms with van der Waals surface area (Å²) < 4.78 is 43.3. The normalized spacial score (nSPS) is 15.8. The standard InChI is InChI=1S/C41H39F2N5O3/c1-25-20-28(14-15-37(25)51-38-13-7-6-12-34(38)43)48-41(44)32(24-45-48)40(49)36-21-26-22-39(31(23-35(26)46-36)30-10-4-5-11-33(30)42)50-29-16-18-47(19-17-29)27-8-2-3-9-27/h4-7,10-15,20-24,27,29,46H,2-3,8-9,16-19,44H2,1H3. The predicted octanol–water partition coefficient (Wildman–Crippen LogP) is 9.00. The SMILES string of the molecule is Cc1cc(-n2ncc(C(=O)c3cc4cc(OC5CCN(C6CCCC6)CC5)c(-c5ccccc5F)cc4[nH]3)c2N)ccc1Oc1ccccc1F. The number of anilines is 1. The number of nitrogen functional groups attached to an aromatic ring is 1. The number of hydrogen-bond acceptors (Lipinski definition) is 6. The number of aromatic amines is 1. The number of nitrogens with one attached hydrogen (secondary N) is 1. The fourth-order valence-electron chi connectivity index (χ4n) is 7.49. The van der Waals surface area contributed by atoms with Crippen LogP contribution in [0.4, 0.5) is 14.6 Å². The maximum Gasteiger partial charge on any atom is 0.214 e. The third kappa shape index (κ3) is 6.47. The van der Waals surface area contributed by atoms with Crippen LogP contribution in [0.3, 0.4) is 0 Å². The van der Waals surface area contributed by atoms with Crippen molar-refractivity contribution in [3.05, 3.63) is 120 Å². The molecule has 1 aliphatic carbocycles. The van der Waals surface area contributed by atoms with Gasteiger partial charge in [-0.25, -0.2) is 13.5 Å². The molecule has 3 N–H and O–H groups in total. The smallest absolute Gasteiger partial charge is 0.214 e. The molecule has 0 spiro atoms. The average Bonchev–Trinajstić information content (AvgIpc) is 3.91. The monoisotopic (exact) mass is 687 g/mol. The first-order chi connectivity index (χ1) is 24.8. The molecule has 260 valence electrons. The molecule has 0 radical (unpaired) electrons. The van der Waals surface area contributed by atoms with Crippen molar-refractivity contribution >= 4 is 22.5 Å². The minimum atomic E-state index is -0.459. The van der Waals surface area contributed by atoms with Crippen LogP contribution in [0.25, 0.3) is 27.7 Å². The van der Waals surface area contributed by atoms with Crippen LogP contribution in [0.1, 0.15) is 60.1 Å². The zero-order chi connectivity index (χ0) is 35.1. The maximum absolute atomic E-state index is 15.2. The van der Waals surface area contributed by atoms with Gasteiger partial charge in [0.1, 0.15) is 29.2 Å². The molecule has 0 unspecified atom stereocenters. The number of fused-ring (bicyclic) bond motifs is 1. The van der Waals surface area contributed by atoms with Crippen molar-refractivity contribution in [2.45, 2.75) is 57.6 Å². The Balaban J connectivity index is 1.06. The van der Waals surface area contributed by atoms with Gasteiger partial charge in [0.2, 0.25) is 5.78 Å². The lowest BCUT2D eigenvalue weighted by atomic mass is 10.0. The van der Waals surface area contributed by atoms with E-state index in [1.54, 1.807) is 54.6 Å². The van der Waals surface area contributed by atoms with E-state index in [-0.39, 0.29) is 34.8 Å². The Morgan fingerprint density at radius 1 is 0.843 bits per heavy atom. The zero-order valence-corrected chi connectivity index (χ0v) is 28.4. The number of ether oxygens (including phenoxy) is 2. The Morgan fingerprint density at radius 3 is 2.33 bits per heavy atom. The highest BCUT2D eigenvalue weighted by Gasteiger charge is 2.29. The lowest BCUT2D eigenvalue weighted by Crippen LogP contribution is -2.43. The van der Waals surface area contributed by atoms with E-state index in [9.17, 15) is 9.18 Å². The van der Waals surface area contributed by atoms with E-state index in [0.717, 1.165) is 36.9 Å². The van der Waals surface area contributed by atoms with Crippen molar-refractivity contribution < 1.29 is 23.0 Å². The number of carbonyl (C=O) groups excluding carboxylic acids is 1. The molecule has 51 heavy (non-hydrogen) atoms. The molecule has 8 rings (SSSR count). The van der Waals surface area contributed by atoms with Crippen molar-refractivity contribution in [1.82, 2.24) is 19.7 Å². The molecule has 0 atom stereocenters. The molecule has 1 saturated carbocycles. The topological polar surface area (TPSA) is 98.4 Å². The van der Waals surface area contributed by atoms with Gasteiger partial charge in [0, 0.05) is 41.2 Å². The van der Waals surface area contributed by atoms with Crippen molar-refractivity contribution in [2.75, 3.05) is 18.8 Å². The van der Waals surface area contributed by atoms with Crippen LogP contribution < -0.4 is 15.2 Å². The number of likely N-dealkylation sites (tertiary alicyclic amines) is 1. The van der Waals surface area contributed by atoms with E-state index in [1.165, 1.54) is 48.7 Å². The van der Waals surface area contributed by atoms with Crippen LogP contribution in [0, 0.1) is 18.6 Å². The van der Waals surface area contributed by atoms with Crippen LogP contribution in [0.15, 0.2) is 91.1 Å². The second-order valence-electron chi connectivity index (χ2n) is 13.6. The summed E-state index contributed by atoms with van der Waals surface area (Å²) in [6.07, 6.45) is 8.46. The van der Waals surface area contributed by atoms with Gasteiger partial charge >= 0.3 is 0 Å². The summed E-state index contributed by atoms with van der Waals surface area (Å²) in [7, 11) is 0. The summed E-state index contributed by atoms with van der Waals surface area (Å²) in [6, 6.07) is 24.3. The molecule has 4 aromatic carbocycles. The van der Waals surface area contributed by atoms with Gasteiger partial charge in [-0.05, 0) is 92.8 Å². The van der Waals surface area contributed by atoms with Gasteiger partial charge in [0.25, 0.3) is 0 Å². The number of piperidine rings is 1. The summed E-state index contributed by atoms with van der Waals surface area (Å²) in [6.45, 7) is 3.83. The summed E-state index contributed by atoms with van der Waals surface area (Å²) in [5.74, 6) is 0.230. The van der Waals surface area contributed by atoms with Gasteiger partial charge in [-0.3, -0.25) is 4.79 Å². The maximum atomic E-state index is 15.2. The molecule has 2 fully saturated rings. The fourth-order valence-corrected chi connectivity index (χ4v) is 7.49. The molecule has 2 aromatic heterocycles. The lowest BCUT2D eigenvalue weighted by Gasteiger charge is -2.36. The molecule has 0 bridgehead atoms. The third-order valence-electron chi connectivity index (χ3n) is 10.3. The highest BCUT2D eigenvalue weighted by atomic mass is 19.1. The number of nitrogens with two attached hydrogens (primary N) is 1. The molecular formula is C41H39F2N5O3. The number of aryl methyl sites for hydroxylation is 1. The number of rotatable bonds is 9. The third-order valence-corrected chi connectivity index (χ3v) is 10.3. The Kier molecular flexibility index (Phi) is 8.77. The highest BCUT2D eigenvalue weighted by molar-refractivity contribution is 6.12. The summed E-state index contributed by atoms with van der Waals surface area (Å²) >= 11 is 0. The van der Waals surface area contributed by atoms with E-state index < -0.39 is 5.82 Å². The molecule has 0 amide bonds. The van der Waals surface area contributed by atoms with Crippen molar-refractivity contribution in [1.29, 1.82) is 0 Å². The first kappa shape index (κ1) is 32.7. The van der Waals surface area contributed by atoms with Crippen LogP contribution in [0.5, 0.6) is 17.2 Å². The van der Waals surface area contributed by atoms with Gasteiger partial charge in [-0.1, -0.05) is 43.2 Å².